The van der Waals surface area contributed by atoms with Gasteiger partial charge in [0.1, 0.15) is 19.2 Å². The third-order valence-corrected chi connectivity index (χ3v) is 4.87. The van der Waals surface area contributed by atoms with Crippen molar-refractivity contribution in [1.29, 1.82) is 0 Å². The van der Waals surface area contributed by atoms with Crippen LogP contribution in [0.3, 0.4) is 0 Å². The fourth-order valence-corrected chi connectivity index (χ4v) is 3.45. The molecule has 1 heterocycles. The molecule has 170 valence electrons. The molecule has 0 radical (unpaired) electrons. The van der Waals surface area contributed by atoms with Gasteiger partial charge in [-0.2, -0.15) is 0 Å². The van der Waals surface area contributed by atoms with Crippen molar-refractivity contribution in [3.05, 3.63) is 59.1 Å². The number of ether oxygens (including phenoxy) is 1. The van der Waals surface area contributed by atoms with E-state index in [1.54, 1.807) is 18.2 Å². The van der Waals surface area contributed by atoms with E-state index in [1.165, 1.54) is 4.90 Å². The zero-order valence-corrected chi connectivity index (χ0v) is 19.0. The molecule has 0 aliphatic carbocycles. The van der Waals surface area contributed by atoms with Crippen LogP contribution in [0.2, 0.25) is 5.02 Å². The maximum atomic E-state index is 13.3. The number of nitrogens with one attached hydrogen (secondary N) is 3. The zero-order chi connectivity index (χ0) is 23.3. The van der Waals surface area contributed by atoms with Crippen molar-refractivity contribution in [2.45, 2.75) is 39.0 Å². The summed E-state index contributed by atoms with van der Waals surface area (Å²) in [6.07, 6.45) is -0.725. The molecule has 0 saturated carbocycles. The Morgan fingerprint density at radius 2 is 1.91 bits per heavy atom. The minimum atomic E-state index is -0.938. The summed E-state index contributed by atoms with van der Waals surface area (Å²) in [5, 5.41) is 9.06. The van der Waals surface area contributed by atoms with E-state index >= 15 is 0 Å². The van der Waals surface area contributed by atoms with Crippen LogP contribution in [0.15, 0.2) is 48.5 Å². The number of hydrogen-bond donors (Lipinski definition) is 3. The fourth-order valence-electron chi connectivity index (χ4n) is 3.28. The third-order valence-electron chi connectivity index (χ3n) is 4.63. The normalized spacial score (nSPS) is 15.8. The van der Waals surface area contributed by atoms with Gasteiger partial charge in [0.25, 0.3) is 5.91 Å². The van der Waals surface area contributed by atoms with Gasteiger partial charge in [0.15, 0.2) is 0 Å². The summed E-state index contributed by atoms with van der Waals surface area (Å²) >= 11 is 6.11. The highest BCUT2D eigenvalue weighted by Crippen LogP contribution is 2.31. The Balaban J connectivity index is 1.75. The van der Waals surface area contributed by atoms with Crippen LogP contribution in [-0.2, 0) is 20.9 Å². The number of carbonyl (C=O) groups is 3. The van der Waals surface area contributed by atoms with Crippen molar-refractivity contribution < 1.29 is 19.1 Å². The van der Waals surface area contributed by atoms with Gasteiger partial charge >= 0.3 is 6.09 Å². The molecule has 2 aromatic rings. The van der Waals surface area contributed by atoms with Gasteiger partial charge in [-0.05, 0) is 44.5 Å². The maximum absolute atomic E-state index is 13.3. The van der Waals surface area contributed by atoms with Gasteiger partial charge in [0.05, 0.1) is 11.4 Å². The Morgan fingerprint density at radius 3 is 2.59 bits per heavy atom. The van der Waals surface area contributed by atoms with E-state index in [9.17, 15) is 14.4 Å². The molecule has 32 heavy (non-hydrogen) atoms. The van der Waals surface area contributed by atoms with Crippen LogP contribution in [0.25, 0.3) is 0 Å². The monoisotopic (exact) mass is 458 g/mol. The van der Waals surface area contributed by atoms with E-state index in [0.29, 0.717) is 16.4 Å². The van der Waals surface area contributed by atoms with Gasteiger partial charge in [0.2, 0.25) is 5.91 Å². The minimum absolute atomic E-state index is 0.0779. The molecule has 0 saturated heterocycles. The molecular formula is C23H27ClN4O4. The number of carbonyl (C=O) groups excluding carboxylic acids is 3. The number of hydrogen-bond acceptors (Lipinski definition) is 5. The largest absolute Gasteiger partial charge is 0.445 e. The van der Waals surface area contributed by atoms with Gasteiger partial charge < -0.3 is 20.7 Å². The Hall–Kier alpha value is -3.26. The summed E-state index contributed by atoms with van der Waals surface area (Å²) in [5.74, 6) is -0.752. The van der Waals surface area contributed by atoms with E-state index in [1.807, 2.05) is 51.1 Å². The summed E-state index contributed by atoms with van der Waals surface area (Å²) in [6, 6.07) is 13.3. The first kappa shape index (κ1) is 23.4. The standard InChI is InChI=1S/C23H27ClN4O4/c1-23(2,3)27-20(29)13-28-19-10-9-16(24)11-17(19)25-12-18(21(28)30)26-22(31)32-14-15-7-5-4-6-8-15/h4-11,18,25H,12-14H2,1-3H3,(H,26,31)(H,27,29)/t18-/m0/s1. The molecule has 1 atom stereocenters. The molecule has 0 fully saturated rings. The number of fused-ring (bicyclic) bond motifs is 1. The van der Waals surface area contributed by atoms with Crippen LogP contribution in [0.1, 0.15) is 26.3 Å². The smallest absolute Gasteiger partial charge is 0.408 e. The molecule has 0 spiro atoms. The first-order chi connectivity index (χ1) is 15.1. The molecule has 3 N–H and O–H groups in total. The molecule has 1 aliphatic rings. The second-order valence-electron chi connectivity index (χ2n) is 8.52. The van der Waals surface area contributed by atoms with Crippen LogP contribution in [0.5, 0.6) is 0 Å². The van der Waals surface area contributed by atoms with Gasteiger partial charge in [-0.1, -0.05) is 41.9 Å². The van der Waals surface area contributed by atoms with Crippen molar-refractivity contribution >= 4 is 40.9 Å². The molecule has 8 nitrogen and oxygen atoms in total. The van der Waals surface area contributed by atoms with Crippen molar-refractivity contribution in [3.63, 3.8) is 0 Å². The van der Waals surface area contributed by atoms with Gasteiger partial charge in [-0.3, -0.25) is 14.5 Å². The van der Waals surface area contributed by atoms with E-state index in [-0.39, 0.29) is 25.6 Å². The second kappa shape index (κ2) is 9.91. The van der Waals surface area contributed by atoms with Crippen LogP contribution >= 0.6 is 11.6 Å². The van der Waals surface area contributed by atoms with E-state index < -0.39 is 23.6 Å². The van der Waals surface area contributed by atoms with Crippen LogP contribution < -0.4 is 20.9 Å². The number of alkyl carbamates (subject to hydrolysis) is 1. The van der Waals surface area contributed by atoms with Crippen molar-refractivity contribution in [3.8, 4) is 0 Å². The van der Waals surface area contributed by atoms with E-state index in [0.717, 1.165) is 5.56 Å². The van der Waals surface area contributed by atoms with Gasteiger partial charge in [-0.25, -0.2) is 4.79 Å². The summed E-state index contributed by atoms with van der Waals surface area (Å²) in [5.41, 5.74) is 1.48. The predicted molar refractivity (Wildman–Crippen MR) is 124 cm³/mol. The highest BCUT2D eigenvalue weighted by Gasteiger charge is 2.33. The van der Waals surface area contributed by atoms with Crippen LogP contribution in [-0.4, -0.2) is 42.6 Å². The number of anilines is 2. The van der Waals surface area contributed by atoms with E-state index in [2.05, 4.69) is 16.0 Å². The lowest BCUT2D eigenvalue weighted by Crippen LogP contribution is -2.54. The lowest BCUT2D eigenvalue weighted by molar-refractivity contribution is -0.125. The number of rotatable bonds is 5. The average molecular weight is 459 g/mol. The molecule has 1 aliphatic heterocycles. The molecular weight excluding hydrogens is 432 g/mol. The molecule has 2 aromatic carbocycles. The lowest BCUT2D eigenvalue weighted by Gasteiger charge is -2.27. The number of benzene rings is 2. The first-order valence-corrected chi connectivity index (χ1v) is 10.6. The molecule has 3 amide bonds. The molecule has 0 aromatic heterocycles. The molecule has 0 bridgehead atoms. The summed E-state index contributed by atoms with van der Waals surface area (Å²) in [6.45, 7) is 5.56. The minimum Gasteiger partial charge on any atom is -0.445 e. The first-order valence-electron chi connectivity index (χ1n) is 10.3. The van der Waals surface area contributed by atoms with Crippen molar-refractivity contribution in [1.82, 2.24) is 10.6 Å². The second-order valence-corrected chi connectivity index (χ2v) is 8.96. The Labute approximate surface area is 192 Å². The highest BCUT2D eigenvalue weighted by molar-refractivity contribution is 6.31. The zero-order valence-electron chi connectivity index (χ0n) is 18.3. The lowest BCUT2D eigenvalue weighted by atomic mass is 10.1. The molecule has 9 heteroatoms. The molecule has 0 unspecified atom stereocenters. The Morgan fingerprint density at radius 1 is 1.19 bits per heavy atom. The number of amides is 3. The quantitative estimate of drug-likeness (QED) is 0.638. The summed E-state index contributed by atoms with van der Waals surface area (Å²) in [4.78, 5) is 39.6. The third kappa shape index (κ3) is 6.37. The fraction of sp³-hybridized carbons (Fsp3) is 0.348. The summed E-state index contributed by atoms with van der Waals surface area (Å²) < 4.78 is 5.25. The van der Waals surface area contributed by atoms with Crippen molar-refractivity contribution in [2.24, 2.45) is 0 Å². The topological polar surface area (TPSA) is 99.8 Å². The SMILES string of the molecule is CC(C)(C)NC(=O)CN1C(=O)[C@@H](NC(=O)OCc2ccccc2)CNc2cc(Cl)ccc21. The van der Waals surface area contributed by atoms with Gasteiger partial charge in [-0.15, -0.1) is 0 Å². The average Bonchev–Trinajstić information content (AvgIpc) is 2.84. The molecule has 3 rings (SSSR count). The summed E-state index contributed by atoms with van der Waals surface area (Å²) in [7, 11) is 0. The van der Waals surface area contributed by atoms with Crippen LogP contribution in [0, 0.1) is 0 Å². The maximum Gasteiger partial charge on any atom is 0.408 e. The van der Waals surface area contributed by atoms with Gasteiger partial charge in [0, 0.05) is 17.1 Å². The van der Waals surface area contributed by atoms with E-state index in [4.69, 9.17) is 16.3 Å². The number of nitrogens with zero attached hydrogens (tertiary/aromatic N) is 1. The predicted octanol–water partition coefficient (Wildman–Crippen LogP) is 3.31. The number of halogens is 1. The van der Waals surface area contributed by atoms with Crippen LogP contribution in [0.4, 0.5) is 16.2 Å². The Kier molecular flexibility index (Phi) is 7.25. The highest BCUT2D eigenvalue weighted by atomic mass is 35.5. The van der Waals surface area contributed by atoms with Crippen molar-refractivity contribution in [2.75, 3.05) is 23.3 Å². The Bertz CT molecular complexity index is 991.